The molecule has 0 amide bonds. The van der Waals surface area contributed by atoms with Gasteiger partial charge in [-0.15, -0.1) is 0 Å². The summed E-state index contributed by atoms with van der Waals surface area (Å²) in [6, 6.07) is 3.73. The minimum atomic E-state index is -4.59. The molecule has 0 saturated heterocycles. The molecule has 6 heteroatoms. The molecule has 0 radical (unpaired) electrons. The fourth-order valence-corrected chi connectivity index (χ4v) is 1.65. The fraction of sp³-hybridized carbons (Fsp3) is 0.125. The lowest BCUT2D eigenvalue weighted by molar-refractivity contribution is -0.138. The van der Waals surface area contributed by atoms with Crippen molar-refractivity contribution in [3.05, 3.63) is 32.8 Å². The zero-order chi connectivity index (χ0) is 10.9. The molecule has 74 valence electrons. The number of rotatable bonds is 0. The van der Waals surface area contributed by atoms with Crippen molar-refractivity contribution in [1.82, 2.24) is 0 Å². The molecule has 0 aliphatic heterocycles. The highest BCUT2D eigenvalue weighted by Gasteiger charge is 2.36. The van der Waals surface area contributed by atoms with Crippen molar-refractivity contribution in [3.8, 4) is 6.07 Å². The van der Waals surface area contributed by atoms with Crippen molar-refractivity contribution >= 4 is 27.5 Å². The Kier molecular flexibility index (Phi) is 3.07. The molecular formula is C8H2BrClF3N. The van der Waals surface area contributed by atoms with Crippen LogP contribution in [0.2, 0.25) is 5.02 Å². The van der Waals surface area contributed by atoms with Crippen molar-refractivity contribution in [2.45, 2.75) is 6.18 Å². The van der Waals surface area contributed by atoms with Gasteiger partial charge in [-0.3, -0.25) is 0 Å². The van der Waals surface area contributed by atoms with Crippen molar-refractivity contribution in [3.63, 3.8) is 0 Å². The quantitative estimate of drug-likeness (QED) is 0.706. The van der Waals surface area contributed by atoms with Gasteiger partial charge >= 0.3 is 6.18 Å². The van der Waals surface area contributed by atoms with Gasteiger partial charge in [-0.1, -0.05) is 11.6 Å². The maximum absolute atomic E-state index is 12.4. The lowest BCUT2D eigenvalue weighted by Crippen LogP contribution is -2.09. The molecule has 0 unspecified atom stereocenters. The normalized spacial score (nSPS) is 11.1. The van der Waals surface area contributed by atoms with Crippen LogP contribution in [0.1, 0.15) is 11.1 Å². The molecule has 0 bridgehead atoms. The van der Waals surface area contributed by atoms with Crippen LogP contribution < -0.4 is 0 Å². The van der Waals surface area contributed by atoms with Gasteiger partial charge < -0.3 is 0 Å². The molecule has 1 rings (SSSR count). The van der Waals surface area contributed by atoms with Crippen molar-refractivity contribution in [2.75, 3.05) is 0 Å². The second-order valence-electron chi connectivity index (χ2n) is 2.39. The highest BCUT2D eigenvalue weighted by Crippen LogP contribution is 2.40. The zero-order valence-corrected chi connectivity index (χ0v) is 8.83. The van der Waals surface area contributed by atoms with Gasteiger partial charge in [0.2, 0.25) is 0 Å². The van der Waals surface area contributed by atoms with E-state index in [1.165, 1.54) is 12.1 Å². The van der Waals surface area contributed by atoms with Crippen LogP contribution in [0.15, 0.2) is 16.6 Å². The van der Waals surface area contributed by atoms with Crippen molar-refractivity contribution in [1.29, 1.82) is 5.26 Å². The van der Waals surface area contributed by atoms with E-state index in [2.05, 4.69) is 15.9 Å². The Labute approximate surface area is 91.2 Å². The van der Waals surface area contributed by atoms with E-state index in [1.807, 2.05) is 0 Å². The monoisotopic (exact) mass is 283 g/mol. The van der Waals surface area contributed by atoms with E-state index in [9.17, 15) is 13.2 Å². The van der Waals surface area contributed by atoms with E-state index in [0.29, 0.717) is 0 Å². The predicted molar refractivity (Wildman–Crippen MR) is 48.9 cm³/mol. The fourth-order valence-electron chi connectivity index (χ4n) is 0.921. The lowest BCUT2D eigenvalue weighted by Gasteiger charge is -2.11. The minimum absolute atomic E-state index is 0.0728. The summed E-state index contributed by atoms with van der Waals surface area (Å²) in [7, 11) is 0. The maximum atomic E-state index is 12.4. The molecule has 0 aromatic heterocycles. The third kappa shape index (κ3) is 2.02. The zero-order valence-electron chi connectivity index (χ0n) is 6.49. The van der Waals surface area contributed by atoms with Gasteiger partial charge in [0.25, 0.3) is 0 Å². The average molecular weight is 284 g/mol. The van der Waals surface area contributed by atoms with Crippen molar-refractivity contribution in [2.24, 2.45) is 0 Å². The van der Waals surface area contributed by atoms with Crippen LogP contribution in [-0.2, 0) is 6.18 Å². The highest BCUT2D eigenvalue weighted by molar-refractivity contribution is 9.10. The standard InChI is InChI=1S/C8H2BrClF3N/c9-7-5(10)2-1-4(3-14)6(7)8(11,12)13/h1-2H. The molecule has 0 heterocycles. The number of halogens is 5. The van der Waals surface area contributed by atoms with Crippen LogP contribution in [0.4, 0.5) is 13.2 Å². The molecule has 1 aromatic rings. The Hall–Kier alpha value is -0.730. The smallest absolute Gasteiger partial charge is 0.192 e. The summed E-state index contributed by atoms with van der Waals surface area (Å²) in [6.45, 7) is 0. The van der Waals surface area contributed by atoms with Crippen LogP contribution in [-0.4, -0.2) is 0 Å². The first-order chi connectivity index (χ1) is 6.38. The second-order valence-corrected chi connectivity index (χ2v) is 3.59. The summed E-state index contributed by atoms with van der Waals surface area (Å²) in [5, 5.41) is 8.41. The SMILES string of the molecule is N#Cc1ccc(Cl)c(Br)c1C(F)(F)F. The number of benzene rings is 1. The van der Waals surface area contributed by atoms with E-state index >= 15 is 0 Å². The molecule has 1 aromatic carbocycles. The first-order valence-corrected chi connectivity index (χ1v) is 4.50. The van der Waals surface area contributed by atoms with Gasteiger partial charge in [0.1, 0.15) is 0 Å². The number of alkyl halides is 3. The molecule has 0 fully saturated rings. The van der Waals surface area contributed by atoms with E-state index < -0.39 is 17.3 Å². The van der Waals surface area contributed by atoms with E-state index in [0.717, 1.165) is 6.07 Å². The van der Waals surface area contributed by atoms with Gasteiger partial charge in [-0.25, -0.2) is 0 Å². The molecule has 0 N–H and O–H groups in total. The minimum Gasteiger partial charge on any atom is -0.192 e. The van der Waals surface area contributed by atoms with Gasteiger partial charge in [0.15, 0.2) is 0 Å². The van der Waals surface area contributed by atoms with Crippen molar-refractivity contribution < 1.29 is 13.2 Å². The molecule has 0 aliphatic carbocycles. The third-order valence-electron chi connectivity index (χ3n) is 1.50. The topological polar surface area (TPSA) is 23.8 Å². The van der Waals surface area contributed by atoms with E-state index in [-0.39, 0.29) is 9.50 Å². The lowest BCUT2D eigenvalue weighted by atomic mass is 10.1. The van der Waals surface area contributed by atoms with Gasteiger partial charge in [0, 0.05) is 4.47 Å². The number of hydrogen-bond donors (Lipinski definition) is 0. The second kappa shape index (κ2) is 3.79. The van der Waals surface area contributed by atoms with E-state index in [4.69, 9.17) is 16.9 Å². The van der Waals surface area contributed by atoms with Crippen LogP contribution in [0.3, 0.4) is 0 Å². The van der Waals surface area contributed by atoms with Gasteiger partial charge in [-0.05, 0) is 28.1 Å². The van der Waals surface area contributed by atoms with Crippen LogP contribution in [0.5, 0.6) is 0 Å². The Morgan fingerprint density at radius 1 is 1.36 bits per heavy atom. The molecule has 14 heavy (non-hydrogen) atoms. The van der Waals surface area contributed by atoms with Crippen LogP contribution >= 0.6 is 27.5 Å². The Bertz CT molecular complexity index is 408. The summed E-state index contributed by atoms with van der Waals surface area (Å²) in [5.74, 6) is 0. The summed E-state index contributed by atoms with van der Waals surface area (Å²) in [5.41, 5.74) is -1.48. The summed E-state index contributed by atoms with van der Waals surface area (Å²) in [6.07, 6.45) is -4.59. The highest BCUT2D eigenvalue weighted by atomic mass is 79.9. The molecule has 1 nitrogen and oxygen atoms in total. The molecule has 0 saturated carbocycles. The summed E-state index contributed by atoms with van der Waals surface area (Å²) >= 11 is 8.20. The number of nitrogens with zero attached hydrogens (tertiary/aromatic N) is 1. The third-order valence-corrected chi connectivity index (χ3v) is 2.87. The summed E-state index contributed by atoms with van der Waals surface area (Å²) < 4.78 is 37.0. The summed E-state index contributed by atoms with van der Waals surface area (Å²) in [4.78, 5) is 0. The first-order valence-electron chi connectivity index (χ1n) is 3.33. The first kappa shape index (κ1) is 11.3. The average Bonchev–Trinajstić information content (AvgIpc) is 2.07. The molecule has 0 spiro atoms. The molecule has 0 aliphatic rings. The van der Waals surface area contributed by atoms with Gasteiger partial charge in [0.05, 0.1) is 22.2 Å². The molecule has 0 atom stereocenters. The van der Waals surface area contributed by atoms with Crippen LogP contribution in [0.25, 0.3) is 0 Å². The molecular weight excluding hydrogens is 282 g/mol. The van der Waals surface area contributed by atoms with Crippen LogP contribution in [0, 0.1) is 11.3 Å². The maximum Gasteiger partial charge on any atom is 0.418 e. The predicted octanol–water partition coefficient (Wildman–Crippen LogP) is 3.99. The Balaban J connectivity index is 3.54. The number of hydrogen-bond acceptors (Lipinski definition) is 1. The largest absolute Gasteiger partial charge is 0.418 e. The number of nitriles is 1. The Morgan fingerprint density at radius 2 is 1.93 bits per heavy atom. The Morgan fingerprint density at radius 3 is 2.36 bits per heavy atom. The van der Waals surface area contributed by atoms with E-state index in [1.54, 1.807) is 0 Å². The van der Waals surface area contributed by atoms with Gasteiger partial charge in [-0.2, -0.15) is 18.4 Å².